The fraction of sp³-hybridized carbons (Fsp3) is 0.538. The zero-order chi connectivity index (χ0) is 17.6. The van der Waals surface area contributed by atoms with E-state index in [0.717, 1.165) is 0 Å². The summed E-state index contributed by atoms with van der Waals surface area (Å²) >= 11 is 5.97. The zero-order valence-electron chi connectivity index (χ0n) is 12.2. The zero-order valence-corrected chi connectivity index (χ0v) is 13.0. The van der Waals surface area contributed by atoms with Gasteiger partial charge < -0.3 is 35.5 Å². The molecule has 0 amide bonds. The molecule has 2 aromatic rings. The van der Waals surface area contributed by atoms with Gasteiger partial charge in [0.1, 0.15) is 35.2 Å². The highest BCUT2D eigenvalue weighted by Gasteiger charge is 2.46. The number of anilines is 1. The Hall–Kier alpha value is -1.56. The molecule has 0 saturated carbocycles. The van der Waals surface area contributed by atoms with Gasteiger partial charge in [-0.25, -0.2) is 9.37 Å². The fourth-order valence-corrected chi connectivity index (χ4v) is 2.94. The van der Waals surface area contributed by atoms with Gasteiger partial charge in [-0.15, -0.1) is 0 Å². The van der Waals surface area contributed by atoms with E-state index in [2.05, 4.69) is 9.97 Å². The summed E-state index contributed by atoms with van der Waals surface area (Å²) in [6.07, 6.45) is -8.94. The number of alkyl halides is 1. The van der Waals surface area contributed by atoms with Crippen molar-refractivity contribution < 1.29 is 29.6 Å². The monoisotopic (exact) mass is 362 g/mol. The number of nitrogen functional groups attached to an aromatic ring is 1. The molecule has 11 heteroatoms. The van der Waals surface area contributed by atoms with Crippen LogP contribution in [0.25, 0.3) is 11.0 Å². The maximum atomic E-state index is 14.7. The molecule has 1 aliphatic heterocycles. The molecule has 3 heterocycles. The molecule has 0 unspecified atom stereocenters. The minimum atomic E-state index is -2.11. The van der Waals surface area contributed by atoms with Gasteiger partial charge in [0.2, 0.25) is 5.95 Å². The summed E-state index contributed by atoms with van der Waals surface area (Å²) in [6.45, 7) is -0.689. The van der Waals surface area contributed by atoms with Gasteiger partial charge in [-0.2, -0.15) is 4.98 Å². The molecule has 1 fully saturated rings. The lowest BCUT2D eigenvalue weighted by Crippen LogP contribution is -2.46. The molecule has 132 valence electrons. The van der Waals surface area contributed by atoms with Crippen molar-refractivity contribution >= 4 is 28.6 Å². The molecule has 9 nitrogen and oxygen atoms in total. The number of hydrogen-bond acceptors (Lipinski definition) is 8. The Bertz CT molecular complexity index is 744. The number of aromatic nitrogens is 3. The van der Waals surface area contributed by atoms with Crippen molar-refractivity contribution in [3.63, 3.8) is 0 Å². The van der Waals surface area contributed by atoms with E-state index in [1.165, 1.54) is 16.8 Å². The highest BCUT2D eigenvalue weighted by Crippen LogP contribution is 2.33. The van der Waals surface area contributed by atoms with Crippen LogP contribution in [0.4, 0.5) is 10.3 Å². The molecular weight excluding hydrogens is 347 g/mol. The van der Waals surface area contributed by atoms with Crippen LogP contribution < -0.4 is 5.73 Å². The van der Waals surface area contributed by atoms with Crippen LogP contribution in [0, 0.1) is 0 Å². The molecule has 1 saturated heterocycles. The third-order valence-corrected chi connectivity index (χ3v) is 4.28. The third kappa shape index (κ3) is 2.70. The number of aliphatic hydroxyl groups is 4. The van der Waals surface area contributed by atoms with Crippen LogP contribution in [0.3, 0.4) is 0 Å². The third-order valence-electron chi connectivity index (χ3n) is 3.99. The summed E-state index contributed by atoms with van der Waals surface area (Å²) in [7, 11) is 0. The summed E-state index contributed by atoms with van der Waals surface area (Å²) in [5, 5.41) is 39.4. The van der Waals surface area contributed by atoms with Crippen LogP contribution in [-0.4, -0.2) is 72.2 Å². The van der Waals surface area contributed by atoms with Gasteiger partial charge in [-0.05, 0) is 6.07 Å². The van der Waals surface area contributed by atoms with E-state index in [1.54, 1.807) is 0 Å². The maximum absolute atomic E-state index is 14.7. The molecule has 0 aliphatic carbocycles. The first kappa shape index (κ1) is 17.3. The van der Waals surface area contributed by atoms with Crippen molar-refractivity contribution in [1.29, 1.82) is 0 Å². The number of nitrogens with zero attached hydrogens (tertiary/aromatic N) is 3. The lowest BCUT2D eigenvalue weighted by molar-refractivity contribution is -0.137. The Labute approximate surface area is 140 Å². The molecular formula is C13H16ClFN4O5. The van der Waals surface area contributed by atoms with E-state index in [1.807, 2.05) is 0 Å². The van der Waals surface area contributed by atoms with Crippen LogP contribution >= 0.6 is 11.6 Å². The highest BCUT2D eigenvalue weighted by atomic mass is 35.5. The van der Waals surface area contributed by atoms with Crippen LogP contribution in [0.2, 0.25) is 5.15 Å². The maximum Gasteiger partial charge on any atom is 0.223 e. The smallest absolute Gasteiger partial charge is 0.223 e. The average molecular weight is 363 g/mol. The number of hydrogen-bond donors (Lipinski definition) is 5. The summed E-state index contributed by atoms with van der Waals surface area (Å²) in [5.41, 5.74) is 5.70. The topological polar surface area (TPSA) is 147 Å². The Morgan fingerprint density at radius 2 is 1.96 bits per heavy atom. The first-order chi connectivity index (χ1) is 11.3. The number of halogens is 2. The van der Waals surface area contributed by atoms with Crippen molar-refractivity contribution in [2.75, 3.05) is 12.3 Å². The number of nitrogens with two attached hydrogens (primary N) is 1. The first-order valence-corrected chi connectivity index (χ1v) is 7.47. The largest absolute Gasteiger partial charge is 0.394 e. The van der Waals surface area contributed by atoms with E-state index in [-0.39, 0.29) is 16.7 Å². The molecule has 0 aromatic carbocycles. The SMILES string of the molecule is Nc1nc(Cl)c2ccn([C@@H]3O[C@H](CO)[C@@H](O)[C@@H](O)[C@@H](O)[C@@H]3F)c2n1. The van der Waals surface area contributed by atoms with Gasteiger partial charge in [-0.3, -0.25) is 0 Å². The van der Waals surface area contributed by atoms with Gasteiger partial charge in [0, 0.05) is 6.20 Å². The predicted octanol–water partition coefficient (Wildman–Crippen LogP) is -1.02. The molecule has 0 bridgehead atoms. The normalized spacial score (nSPS) is 34.4. The molecule has 24 heavy (non-hydrogen) atoms. The molecule has 0 spiro atoms. The Kier molecular flexibility index (Phi) is 4.60. The molecule has 6 N–H and O–H groups in total. The van der Waals surface area contributed by atoms with Crippen LogP contribution in [0.1, 0.15) is 6.23 Å². The summed E-state index contributed by atoms with van der Waals surface area (Å²) in [5.74, 6) is -0.143. The number of aliphatic hydroxyl groups excluding tert-OH is 4. The van der Waals surface area contributed by atoms with E-state index < -0.39 is 43.4 Å². The molecule has 2 aromatic heterocycles. The second-order valence-corrected chi connectivity index (χ2v) is 5.85. The fourth-order valence-electron chi connectivity index (χ4n) is 2.70. The second-order valence-electron chi connectivity index (χ2n) is 5.50. The van der Waals surface area contributed by atoms with Crippen molar-refractivity contribution in [1.82, 2.24) is 14.5 Å². The van der Waals surface area contributed by atoms with Gasteiger partial charge in [0.15, 0.2) is 12.4 Å². The van der Waals surface area contributed by atoms with E-state index in [9.17, 15) is 24.8 Å². The van der Waals surface area contributed by atoms with Gasteiger partial charge in [0.25, 0.3) is 0 Å². The van der Waals surface area contributed by atoms with Crippen LogP contribution in [0.15, 0.2) is 12.3 Å². The van der Waals surface area contributed by atoms with Crippen molar-refractivity contribution in [3.8, 4) is 0 Å². The van der Waals surface area contributed by atoms with Crippen LogP contribution in [-0.2, 0) is 4.74 Å². The van der Waals surface area contributed by atoms with Gasteiger partial charge in [-0.1, -0.05) is 11.6 Å². The van der Waals surface area contributed by atoms with Crippen molar-refractivity contribution in [2.24, 2.45) is 0 Å². The van der Waals surface area contributed by atoms with Gasteiger partial charge >= 0.3 is 0 Å². The van der Waals surface area contributed by atoms with Crippen molar-refractivity contribution in [2.45, 2.75) is 36.8 Å². The van der Waals surface area contributed by atoms with Crippen molar-refractivity contribution in [3.05, 3.63) is 17.4 Å². The van der Waals surface area contributed by atoms with E-state index in [0.29, 0.717) is 5.39 Å². The summed E-state index contributed by atoms with van der Waals surface area (Å²) < 4.78 is 21.3. The second kappa shape index (κ2) is 6.39. The number of ether oxygens (including phenoxy) is 1. The Morgan fingerprint density at radius 1 is 1.25 bits per heavy atom. The minimum Gasteiger partial charge on any atom is -0.394 e. The number of fused-ring (bicyclic) bond motifs is 1. The number of rotatable bonds is 2. The quantitative estimate of drug-likeness (QED) is 0.426. The molecule has 1 aliphatic rings. The van der Waals surface area contributed by atoms with Gasteiger partial charge in [0.05, 0.1) is 12.0 Å². The van der Waals surface area contributed by atoms with E-state index >= 15 is 0 Å². The Morgan fingerprint density at radius 3 is 2.62 bits per heavy atom. The molecule has 0 radical (unpaired) electrons. The Balaban J connectivity index is 2.10. The predicted molar refractivity (Wildman–Crippen MR) is 80.9 cm³/mol. The summed E-state index contributed by atoms with van der Waals surface area (Å²) in [4.78, 5) is 7.76. The highest BCUT2D eigenvalue weighted by molar-refractivity contribution is 6.34. The summed E-state index contributed by atoms with van der Waals surface area (Å²) in [6, 6.07) is 1.51. The van der Waals surface area contributed by atoms with E-state index in [4.69, 9.17) is 22.1 Å². The molecule has 6 atom stereocenters. The van der Waals surface area contributed by atoms with Crippen LogP contribution in [0.5, 0.6) is 0 Å². The lowest BCUT2D eigenvalue weighted by Gasteiger charge is -2.25. The first-order valence-electron chi connectivity index (χ1n) is 7.09. The lowest BCUT2D eigenvalue weighted by atomic mass is 10.0. The average Bonchev–Trinajstić information content (AvgIpc) is 2.94. The molecule has 3 rings (SSSR count). The standard InChI is InChI=1S/C13H16ClFN4O5/c14-10-4-1-2-19(11(4)18-13(16)17-10)12-6(15)8(22)9(23)7(21)5(3-20)24-12/h1-2,5-9,12,20-23H,3H2,(H2,16,17,18)/t5-,6+,7-,8+,9-,12-/m1/s1. The minimum absolute atomic E-state index is 0.0552.